The Labute approximate surface area is 155 Å². The lowest BCUT2D eigenvalue weighted by atomic mass is 9.56. The van der Waals surface area contributed by atoms with Crippen LogP contribution >= 0.6 is 0 Å². The number of rotatable bonds is 4. The van der Waals surface area contributed by atoms with Gasteiger partial charge in [-0.1, -0.05) is 11.6 Å². The maximum Gasteiger partial charge on any atom is 0.110 e. The molecule has 1 saturated heterocycles. The van der Waals surface area contributed by atoms with Crippen molar-refractivity contribution in [2.24, 2.45) is 17.8 Å². The van der Waals surface area contributed by atoms with Crippen LogP contribution in [0.1, 0.15) is 73.1 Å². The summed E-state index contributed by atoms with van der Waals surface area (Å²) in [4.78, 5) is 0. The van der Waals surface area contributed by atoms with Gasteiger partial charge in [-0.3, -0.25) is 0 Å². The van der Waals surface area contributed by atoms with E-state index in [9.17, 15) is 0 Å². The van der Waals surface area contributed by atoms with Crippen molar-refractivity contribution in [2.45, 2.75) is 95.9 Å². The molecular formula is C22H40N2O. The zero-order valence-electron chi connectivity index (χ0n) is 17.1. The Hall–Kier alpha value is -0.380. The summed E-state index contributed by atoms with van der Waals surface area (Å²) in [5.74, 6) is 1.99. The summed E-state index contributed by atoms with van der Waals surface area (Å²) in [7, 11) is 8.24. The Morgan fingerprint density at radius 2 is 1.84 bits per heavy atom. The molecule has 1 saturated carbocycles. The molecule has 144 valence electrons. The molecule has 0 aromatic carbocycles. The minimum absolute atomic E-state index is 0.00445. The fraction of sp³-hybridized carbons (Fsp3) is 0.818. The maximum atomic E-state index is 6.80. The molecule has 0 spiro atoms. The van der Waals surface area contributed by atoms with Crippen LogP contribution in [0.3, 0.4) is 0 Å². The maximum absolute atomic E-state index is 6.80. The van der Waals surface area contributed by atoms with Gasteiger partial charge in [-0.2, -0.15) is 14.1 Å². The minimum atomic E-state index is 0.00445. The topological polar surface area (TPSA) is 42.5 Å². The fourth-order valence-corrected chi connectivity index (χ4v) is 5.87. The van der Waals surface area contributed by atoms with Crippen molar-refractivity contribution < 1.29 is 15.4 Å². The van der Waals surface area contributed by atoms with Crippen LogP contribution in [0.15, 0.2) is 11.6 Å². The first kappa shape index (κ1) is 19.4. The van der Waals surface area contributed by atoms with Crippen LogP contribution in [0.5, 0.6) is 0 Å². The van der Waals surface area contributed by atoms with Crippen molar-refractivity contribution in [1.29, 1.82) is 0 Å². The Morgan fingerprint density at radius 1 is 1.12 bits per heavy atom. The zero-order valence-corrected chi connectivity index (χ0v) is 17.1. The molecule has 0 bridgehead atoms. The molecule has 0 aromatic rings. The van der Waals surface area contributed by atoms with Crippen LogP contribution in [0.25, 0.3) is 0 Å². The summed E-state index contributed by atoms with van der Waals surface area (Å²) < 4.78 is 6.80. The van der Waals surface area contributed by atoms with Crippen LogP contribution in [-0.4, -0.2) is 22.8 Å². The third-order valence-electron chi connectivity index (χ3n) is 8.02. The van der Waals surface area contributed by atoms with Gasteiger partial charge in [0.05, 0.1) is 16.7 Å². The molecule has 2 aliphatic carbocycles. The molecule has 0 radical (unpaired) electrons. The third kappa shape index (κ3) is 3.33. The lowest BCUT2D eigenvalue weighted by Crippen LogP contribution is -2.94. The van der Waals surface area contributed by atoms with Gasteiger partial charge >= 0.3 is 0 Å². The number of allylic oxidation sites excluding steroid dienone is 2. The highest BCUT2D eigenvalue weighted by atomic mass is 16.5. The van der Waals surface area contributed by atoms with Crippen molar-refractivity contribution in [1.82, 2.24) is 0 Å². The number of quaternary nitrogens is 2. The lowest BCUT2D eigenvalue weighted by Gasteiger charge is -2.53. The Kier molecular flexibility index (Phi) is 5.16. The first-order valence-corrected chi connectivity index (χ1v) is 10.3. The minimum Gasteiger partial charge on any atom is -0.474 e. The number of fused-ring (bicyclic) bond motifs is 1. The predicted molar refractivity (Wildman–Crippen MR) is 102 cm³/mol. The van der Waals surface area contributed by atoms with Gasteiger partial charge in [0.15, 0.2) is 0 Å². The zero-order chi connectivity index (χ0) is 18.5. The third-order valence-corrected chi connectivity index (χ3v) is 8.02. The van der Waals surface area contributed by atoms with Gasteiger partial charge in [-0.05, 0) is 78.6 Å². The average molecular weight is 349 g/mol. The van der Waals surface area contributed by atoms with Gasteiger partial charge in [0.1, 0.15) is 6.10 Å². The second kappa shape index (κ2) is 6.65. The van der Waals surface area contributed by atoms with Gasteiger partial charge in [0, 0.05) is 12.3 Å². The lowest BCUT2D eigenvalue weighted by molar-refractivity contribution is -0.687. The second-order valence-electron chi connectivity index (χ2n) is 10.1. The SMILES string of the molecule is [CH2-][NH2+]C(C)(C)[C@@H]1CC[C@](C)([C@H]2CC[C@](C)([NH2+][CH2-])[C@H]3CCC(C)=C[C@H]23)O1. The van der Waals surface area contributed by atoms with E-state index in [-0.39, 0.29) is 16.7 Å². The summed E-state index contributed by atoms with van der Waals surface area (Å²) in [6.45, 7) is 11.7. The number of hydrogen-bond acceptors (Lipinski definition) is 1. The first-order valence-electron chi connectivity index (χ1n) is 10.3. The van der Waals surface area contributed by atoms with Crippen LogP contribution in [0, 0.1) is 31.8 Å². The monoisotopic (exact) mass is 348 g/mol. The molecule has 1 aliphatic heterocycles. The van der Waals surface area contributed by atoms with Crippen molar-refractivity contribution in [3.05, 3.63) is 25.7 Å². The Bertz CT molecular complexity index is 528. The summed E-state index contributed by atoms with van der Waals surface area (Å²) in [6.07, 6.45) is 10.3. The molecule has 3 heteroatoms. The molecule has 25 heavy (non-hydrogen) atoms. The van der Waals surface area contributed by atoms with E-state index in [4.69, 9.17) is 4.74 Å². The normalized spacial score (nSPS) is 45.2. The molecule has 3 rings (SSSR count). The van der Waals surface area contributed by atoms with Crippen LogP contribution in [0.2, 0.25) is 0 Å². The standard InChI is InChI=1S/C22H40N2O/c1-15-8-9-17-16(14-15)18(10-12-21(17,4)24-7)22(5)13-11-19(25-22)20(2,3)23-6/h14,16-19H,6-13,23-24H2,1-5H3/t16-,17-,18-,19-,21-,22+/m0/s1. The molecule has 0 unspecified atom stereocenters. The average Bonchev–Trinajstić information content (AvgIpc) is 2.99. The van der Waals surface area contributed by atoms with Crippen LogP contribution in [0.4, 0.5) is 0 Å². The summed E-state index contributed by atoms with van der Waals surface area (Å²) in [5.41, 5.74) is 1.92. The number of ether oxygens (including phenoxy) is 1. The van der Waals surface area contributed by atoms with Crippen molar-refractivity contribution in [2.75, 3.05) is 0 Å². The smallest absolute Gasteiger partial charge is 0.110 e. The Morgan fingerprint density at radius 3 is 2.48 bits per heavy atom. The molecular weight excluding hydrogens is 308 g/mol. The van der Waals surface area contributed by atoms with E-state index in [0.29, 0.717) is 17.9 Å². The van der Waals surface area contributed by atoms with Gasteiger partial charge in [-0.15, -0.1) is 0 Å². The van der Waals surface area contributed by atoms with E-state index in [0.717, 1.165) is 12.3 Å². The highest BCUT2D eigenvalue weighted by Gasteiger charge is 2.56. The quantitative estimate of drug-likeness (QED) is 0.595. The van der Waals surface area contributed by atoms with Crippen molar-refractivity contribution in [3.63, 3.8) is 0 Å². The number of hydrogen-bond donors (Lipinski definition) is 2. The molecule has 3 aliphatic rings. The molecule has 4 N–H and O–H groups in total. The van der Waals surface area contributed by atoms with E-state index < -0.39 is 0 Å². The van der Waals surface area contributed by atoms with Gasteiger partial charge in [0.25, 0.3) is 0 Å². The fourth-order valence-electron chi connectivity index (χ4n) is 5.87. The highest BCUT2D eigenvalue weighted by Crippen LogP contribution is 2.53. The van der Waals surface area contributed by atoms with Gasteiger partial charge < -0.3 is 15.4 Å². The molecule has 2 fully saturated rings. The second-order valence-corrected chi connectivity index (χ2v) is 10.1. The molecule has 1 heterocycles. The number of nitrogens with two attached hydrogens (primary N) is 2. The van der Waals surface area contributed by atoms with Crippen molar-refractivity contribution >= 4 is 0 Å². The van der Waals surface area contributed by atoms with E-state index in [1.807, 2.05) is 0 Å². The molecule has 0 amide bonds. The van der Waals surface area contributed by atoms with Gasteiger partial charge in [-0.25, -0.2) is 0 Å². The Balaban J connectivity index is 1.86. The highest BCUT2D eigenvalue weighted by molar-refractivity contribution is 5.16. The van der Waals surface area contributed by atoms with Crippen LogP contribution in [-0.2, 0) is 4.74 Å². The molecule has 6 atom stereocenters. The summed E-state index contributed by atoms with van der Waals surface area (Å²) >= 11 is 0. The van der Waals surface area contributed by atoms with E-state index in [2.05, 4.69) is 65.4 Å². The van der Waals surface area contributed by atoms with E-state index >= 15 is 0 Å². The van der Waals surface area contributed by atoms with Gasteiger partial charge in [0.2, 0.25) is 0 Å². The predicted octanol–water partition coefficient (Wildman–Crippen LogP) is 2.55. The molecule has 3 nitrogen and oxygen atoms in total. The largest absolute Gasteiger partial charge is 0.474 e. The van der Waals surface area contributed by atoms with Crippen molar-refractivity contribution in [3.8, 4) is 0 Å². The first-order chi connectivity index (χ1) is 11.6. The van der Waals surface area contributed by atoms with Crippen LogP contribution < -0.4 is 10.6 Å². The summed E-state index contributed by atoms with van der Waals surface area (Å²) in [5, 5.41) is 4.32. The summed E-state index contributed by atoms with van der Waals surface area (Å²) in [6, 6.07) is 0. The van der Waals surface area contributed by atoms with E-state index in [1.165, 1.54) is 32.1 Å². The van der Waals surface area contributed by atoms with E-state index in [1.54, 1.807) is 5.57 Å². The molecule has 0 aromatic heterocycles.